The van der Waals surface area contributed by atoms with Crippen LogP contribution in [0.3, 0.4) is 0 Å². The van der Waals surface area contributed by atoms with Gasteiger partial charge in [-0.05, 0) is 53.4 Å². The number of carbonyl (C=O) groups is 1. The molecule has 0 atom stereocenters. The molecular formula is C15H26N4O2. The van der Waals surface area contributed by atoms with Crippen molar-refractivity contribution in [3.63, 3.8) is 0 Å². The first-order valence-electron chi connectivity index (χ1n) is 7.55. The van der Waals surface area contributed by atoms with Crippen molar-refractivity contribution in [3.8, 4) is 0 Å². The number of ether oxygens (including phenoxy) is 1. The maximum absolute atomic E-state index is 11.8. The molecule has 0 aliphatic heterocycles. The standard InChI is InChI=1S/C15H26N4O2/c1-10-13(16)9-17-19(10)12-7-5-11(6-8-12)18-14(20)21-15(2,3)4/h9,11-12H,5-8,16H2,1-4H3,(H,18,20). The molecule has 0 radical (unpaired) electrons. The van der Waals surface area contributed by atoms with Crippen LogP contribution in [-0.4, -0.2) is 27.5 Å². The molecule has 6 heteroatoms. The van der Waals surface area contributed by atoms with E-state index in [0.717, 1.165) is 37.1 Å². The number of alkyl carbamates (subject to hydrolysis) is 1. The molecule has 0 unspecified atom stereocenters. The van der Waals surface area contributed by atoms with Gasteiger partial charge >= 0.3 is 6.09 Å². The Morgan fingerprint density at radius 3 is 2.48 bits per heavy atom. The Kier molecular flexibility index (Phi) is 4.44. The summed E-state index contributed by atoms with van der Waals surface area (Å²) in [4.78, 5) is 11.8. The molecule has 0 saturated heterocycles. The number of hydrogen-bond donors (Lipinski definition) is 2. The molecule has 6 nitrogen and oxygen atoms in total. The van der Waals surface area contributed by atoms with Gasteiger partial charge in [0.15, 0.2) is 0 Å². The van der Waals surface area contributed by atoms with Crippen LogP contribution in [0.5, 0.6) is 0 Å². The van der Waals surface area contributed by atoms with Crippen LogP contribution in [0.15, 0.2) is 6.20 Å². The molecule has 1 aliphatic rings. The Bertz CT molecular complexity index is 496. The van der Waals surface area contributed by atoms with E-state index in [1.807, 2.05) is 32.4 Å². The van der Waals surface area contributed by atoms with Crippen molar-refractivity contribution in [3.05, 3.63) is 11.9 Å². The summed E-state index contributed by atoms with van der Waals surface area (Å²) >= 11 is 0. The van der Waals surface area contributed by atoms with E-state index in [0.29, 0.717) is 6.04 Å². The predicted molar refractivity (Wildman–Crippen MR) is 82.0 cm³/mol. The Morgan fingerprint density at radius 2 is 2.00 bits per heavy atom. The van der Waals surface area contributed by atoms with Crippen LogP contribution >= 0.6 is 0 Å². The molecule has 1 heterocycles. The van der Waals surface area contributed by atoms with Gasteiger partial charge in [0.05, 0.1) is 23.6 Å². The van der Waals surface area contributed by atoms with Gasteiger partial charge in [-0.1, -0.05) is 0 Å². The smallest absolute Gasteiger partial charge is 0.407 e. The lowest BCUT2D eigenvalue weighted by Gasteiger charge is -2.30. The van der Waals surface area contributed by atoms with Crippen molar-refractivity contribution < 1.29 is 9.53 Å². The first kappa shape index (κ1) is 15.7. The minimum absolute atomic E-state index is 0.185. The predicted octanol–water partition coefficient (Wildman–Crippen LogP) is 2.78. The number of carbonyl (C=O) groups excluding carboxylic acids is 1. The number of aromatic nitrogens is 2. The van der Waals surface area contributed by atoms with E-state index in [1.165, 1.54) is 0 Å². The molecule has 0 aromatic carbocycles. The van der Waals surface area contributed by atoms with E-state index in [-0.39, 0.29) is 12.1 Å². The summed E-state index contributed by atoms with van der Waals surface area (Å²) in [5.74, 6) is 0. The summed E-state index contributed by atoms with van der Waals surface area (Å²) in [6.07, 6.45) is 5.22. The van der Waals surface area contributed by atoms with Gasteiger partial charge < -0.3 is 15.8 Å². The summed E-state index contributed by atoms with van der Waals surface area (Å²) < 4.78 is 7.30. The summed E-state index contributed by atoms with van der Waals surface area (Å²) in [5.41, 5.74) is 7.16. The third-order valence-electron chi connectivity index (χ3n) is 3.85. The highest BCUT2D eigenvalue weighted by Crippen LogP contribution is 2.30. The summed E-state index contributed by atoms with van der Waals surface area (Å²) in [5, 5.41) is 7.30. The number of nitrogen functional groups attached to an aromatic ring is 1. The fraction of sp³-hybridized carbons (Fsp3) is 0.733. The number of rotatable bonds is 2. The molecule has 3 N–H and O–H groups in total. The lowest BCUT2D eigenvalue weighted by molar-refractivity contribution is 0.0487. The van der Waals surface area contributed by atoms with Crippen LogP contribution in [-0.2, 0) is 4.74 Å². The number of nitrogens with two attached hydrogens (primary N) is 1. The molecule has 1 fully saturated rings. The van der Waals surface area contributed by atoms with Gasteiger partial charge in [-0.2, -0.15) is 5.10 Å². The van der Waals surface area contributed by atoms with E-state index < -0.39 is 5.60 Å². The van der Waals surface area contributed by atoms with Crippen molar-refractivity contribution in [2.45, 2.75) is 71.1 Å². The van der Waals surface area contributed by atoms with Gasteiger partial charge in [-0.3, -0.25) is 4.68 Å². The van der Waals surface area contributed by atoms with E-state index in [1.54, 1.807) is 6.20 Å². The monoisotopic (exact) mass is 294 g/mol. The lowest BCUT2D eigenvalue weighted by Crippen LogP contribution is -2.41. The second-order valence-electron chi connectivity index (χ2n) is 6.78. The van der Waals surface area contributed by atoms with Crippen LogP contribution in [0, 0.1) is 6.92 Å². The second-order valence-corrected chi connectivity index (χ2v) is 6.78. The molecular weight excluding hydrogens is 268 g/mol. The Morgan fingerprint density at radius 1 is 1.38 bits per heavy atom. The van der Waals surface area contributed by atoms with Crippen LogP contribution < -0.4 is 11.1 Å². The second kappa shape index (κ2) is 5.95. The molecule has 2 rings (SSSR count). The zero-order valence-corrected chi connectivity index (χ0v) is 13.3. The number of nitrogens with one attached hydrogen (secondary N) is 1. The van der Waals surface area contributed by atoms with Crippen LogP contribution in [0.4, 0.5) is 10.5 Å². The minimum atomic E-state index is -0.453. The molecule has 21 heavy (non-hydrogen) atoms. The third-order valence-corrected chi connectivity index (χ3v) is 3.85. The molecule has 0 spiro atoms. The van der Waals surface area contributed by atoms with Crippen molar-refractivity contribution in [2.75, 3.05) is 5.73 Å². The zero-order valence-electron chi connectivity index (χ0n) is 13.3. The Labute approximate surface area is 126 Å². The van der Waals surface area contributed by atoms with E-state index in [4.69, 9.17) is 10.5 Å². The highest BCUT2D eigenvalue weighted by atomic mass is 16.6. The van der Waals surface area contributed by atoms with Gasteiger partial charge in [0.1, 0.15) is 5.60 Å². The van der Waals surface area contributed by atoms with Crippen molar-refractivity contribution in [1.29, 1.82) is 0 Å². The maximum atomic E-state index is 11.8. The fourth-order valence-electron chi connectivity index (χ4n) is 2.74. The molecule has 1 aromatic rings. The van der Waals surface area contributed by atoms with Crippen molar-refractivity contribution in [2.24, 2.45) is 0 Å². The minimum Gasteiger partial charge on any atom is -0.444 e. The summed E-state index contributed by atoms with van der Waals surface area (Å²) in [7, 11) is 0. The number of hydrogen-bond acceptors (Lipinski definition) is 4. The van der Waals surface area contributed by atoms with E-state index in [9.17, 15) is 4.79 Å². The highest BCUT2D eigenvalue weighted by molar-refractivity contribution is 5.68. The average Bonchev–Trinajstić information content (AvgIpc) is 2.69. The average molecular weight is 294 g/mol. The molecule has 0 bridgehead atoms. The molecule has 118 valence electrons. The van der Waals surface area contributed by atoms with Gasteiger partial charge in [0.25, 0.3) is 0 Å². The van der Waals surface area contributed by atoms with Gasteiger partial charge in [-0.15, -0.1) is 0 Å². The van der Waals surface area contributed by atoms with Gasteiger partial charge in [0, 0.05) is 6.04 Å². The van der Waals surface area contributed by atoms with Gasteiger partial charge in [0.2, 0.25) is 0 Å². The number of nitrogens with zero attached hydrogens (tertiary/aromatic N) is 2. The molecule has 1 aliphatic carbocycles. The summed E-state index contributed by atoms with van der Waals surface area (Å²) in [6, 6.07) is 0.559. The Balaban J connectivity index is 1.83. The third kappa shape index (κ3) is 4.12. The van der Waals surface area contributed by atoms with Crippen molar-refractivity contribution in [1.82, 2.24) is 15.1 Å². The first-order chi connectivity index (χ1) is 9.76. The normalized spacial score (nSPS) is 22.9. The van der Waals surface area contributed by atoms with Gasteiger partial charge in [-0.25, -0.2) is 4.79 Å². The van der Waals surface area contributed by atoms with Crippen molar-refractivity contribution >= 4 is 11.8 Å². The first-order valence-corrected chi connectivity index (χ1v) is 7.55. The molecule has 1 amide bonds. The molecule has 1 aromatic heterocycles. The number of anilines is 1. The van der Waals surface area contributed by atoms with Crippen LogP contribution in [0.1, 0.15) is 58.2 Å². The maximum Gasteiger partial charge on any atom is 0.407 e. The summed E-state index contributed by atoms with van der Waals surface area (Å²) in [6.45, 7) is 7.60. The van der Waals surface area contributed by atoms with Crippen LogP contribution in [0.2, 0.25) is 0 Å². The highest BCUT2D eigenvalue weighted by Gasteiger charge is 2.26. The largest absolute Gasteiger partial charge is 0.444 e. The topological polar surface area (TPSA) is 82.2 Å². The quantitative estimate of drug-likeness (QED) is 0.878. The molecule has 1 saturated carbocycles. The fourth-order valence-corrected chi connectivity index (χ4v) is 2.74. The van der Waals surface area contributed by atoms with E-state index >= 15 is 0 Å². The van der Waals surface area contributed by atoms with Crippen LogP contribution in [0.25, 0.3) is 0 Å². The number of amides is 1. The van der Waals surface area contributed by atoms with E-state index in [2.05, 4.69) is 10.4 Å². The Hall–Kier alpha value is -1.72. The lowest BCUT2D eigenvalue weighted by atomic mass is 9.91. The SMILES string of the molecule is Cc1c(N)cnn1C1CCC(NC(=O)OC(C)(C)C)CC1. The zero-order chi connectivity index (χ0) is 15.6.